The van der Waals surface area contributed by atoms with Crippen molar-refractivity contribution in [1.82, 2.24) is 19.9 Å². The molecule has 3 aromatic rings. The highest BCUT2D eigenvalue weighted by Gasteiger charge is 2.10. The molecule has 2 heterocycles. The number of fused-ring (bicyclic) bond motifs is 1. The van der Waals surface area contributed by atoms with Gasteiger partial charge in [-0.2, -0.15) is 0 Å². The van der Waals surface area contributed by atoms with Crippen LogP contribution in [-0.2, 0) is 0 Å². The third-order valence-corrected chi connectivity index (χ3v) is 4.51. The lowest BCUT2D eigenvalue weighted by Gasteiger charge is -2.21. The van der Waals surface area contributed by atoms with Gasteiger partial charge in [0.25, 0.3) is 0 Å². The van der Waals surface area contributed by atoms with Crippen molar-refractivity contribution in [1.29, 1.82) is 0 Å². The average Bonchev–Trinajstić information content (AvgIpc) is 2.72. The van der Waals surface area contributed by atoms with Crippen molar-refractivity contribution in [3.05, 3.63) is 48.8 Å². The molecule has 1 aromatic carbocycles. The van der Waals surface area contributed by atoms with Crippen LogP contribution in [0, 0.1) is 0 Å². The Hall–Kier alpha value is -2.57. The van der Waals surface area contributed by atoms with Gasteiger partial charge in [0.1, 0.15) is 5.82 Å². The van der Waals surface area contributed by atoms with Gasteiger partial charge >= 0.3 is 0 Å². The summed E-state index contributed by atoms with van der Waals surface area (Å²) in [6.07, 6.45) is 5.80. The molecular weight excluding hydrogens is 338 g/mol. The summed E-state index contributed by atoms with van der Waals surface area (Å²) >= 11 is 0. The average molecular weight is 365 g/mol. The number of anilines is 1. The molecule has 0 unspecified atom stereocenters. The van der Waals surface area contributed by atoms with Crippen LogP contribution in [0.2, 0.25) is 0 Å². The van der Waals surface area contributed by atoms with Crippen molar-refractivity contribution in [2.45, 2.75) is 19.8 Å². The van der Waals surface area contributed by atoms with Gasteiger partial charge in [0.2, 0.25) is 0 Å². The Morgan fingerprint density at radius 3 is 2.59 bits per heavy atom. The predicted octanol–water partition coefficient (Wildman–Crippen LogP) is 3.20. The van der Waals surface area contributed by atoms with Crippen molar-refractivity contribution in [3.63, 3.8) is 0 Å². The van der Waals surface area contributed by atoms with Crippen LogP contribution in [0.15, 0.2) is 48.8 Å². The Morgan fingerprint density at radius 2 is 1.81 bits per heavy atom. The Labute approximate surface area is 160 Å². The third-order valence-electron chi connectivity index (χ3n) is 4.51. The summed E-state index contributed by atoms with van der Waals surface area (Å²) in [5.41, 5.74) is 1.86. The van der Waals surface area contributed by atoms with Crippen LogP contribution in [0.25, 0.3) is 22.3 Å². The van der Waals surface area contributed by atoms with Crippen LogP contribution in [0.1, 0.15) is 19.8 Å². The van der Waals surface area contributed by atoms with Crippen molar-refractivity contribution in [3.8, 4) is 11.4 Å². The zero-order valence-electron chi connectivity index (χ0n) is 15.8. The lowest BCUT2D eigenvalue weighted by atomic mass is 10.2. The quantitative estimate of drug-likeness (QED) is 0.575. The number of aromatic nitrogens is 3. The van der Waals surface area contributed by atoms with Crippen molar-refractivity contribution >= 4 is 16.7 Å². The monoisotopic (exact) mass is 365 g/mol. The van der Waals surface area contributed by atoms with Crippen LogP contribution in [0.5, 0.6) is 0 Å². The number of nitrogens with zero attached hydrogens (tertiary/aromatic N) is 4. The molecule has 0 bridgehead atoms. The van der Waals surface area contributed by atoms with E-state index in [1.54, 1.807) is 12.4 Å². The van der Waals surface area contributed by atoms with Crippen LogP contribution >= 0.6 is 0 Å². The fraction of sp³-hybridized carbons (Fsp3) is 0.381. The number of rotatable bonds is 10. The molecule has 0 aliphatic heterocycles. The largest absolute Gasteiger partial charge is 0.395 e. The smallest absolute Gasteiger partial charge is 0.162 e. The number of aliphatic hydroxyl groups excluding tert-OH is 1. The summed E-state index contributed by atoms with van der Waals surface area (Å²) in [6, 6.07) is 11.9. The standard InChI is InChI=1S/C21H27N5O/c1-2-3-13-26(15-16-27)14-12-23-21-18-6-4-5-7-19(18)24-20(25-21)17-8-10-22-11-9-17/h4-11,27H,2-3,12-16H2,1H3,(H,23,24,25). The molecule has 142 valence electrons. The molecule has 0 saturated carbocycles. The summed E-state index contributed by atoms with van der Waals surface area (Å²) in [5.74, 6) is 1.53. The molecule has 0 fully saturated rings. The maximum Gasteiger partial charge on any atom is 0.162 e. The van der Waals surface area contributed by atoms with Crippen molar-refractivity contribution in [2.24, 2.45) is 0 Å². The first-order chi connectivity index (χ1) is 13.3. The van der Waals surface area contributed by atoms with Crippen molar-refractivity contribution < 1.29 is 5.11 Å². The van der Waals surface area contributed by atoms with E-state index in [1.165, 1.54) is 0 Å². The van der Waals surface area contributed by atoms with E-state index >= 15 is 0 Å². The van der Waals surface area contributed by atoms with Crippen LogP contribution in [-0.4, -0.2) is 57.7 Å². The first kappa shape index (κ1) is 19.2. The van der Waals surface area contributed by atoms with Crippen LogP contribution in [0.4, 0.5) is 5.82 Å². The van der Waals surface area contributed by atoms with E-state index in [2.05, 4.69) is 22.1 Å². The molecule has 6 heteroatoms. The Morgan fingerprint density at radius 1 is 1.00 bits per heavy atom. The topological polar surface area (TPSA) is 74.2 Å². The highest BCUT2D eigenvalue weighted by molar-refractivity contribution is 5.90. The summed E-state index contributed by atoms with van der Waals surface area (Å²) in [4.78, 5) is 15.8. The molecule has 0 amide bonds. The number of benzene rings is 1. The first-order valence-electron chi connectivity index (χ1n) is 9.56. The van der Waals surface area contributed by atoms with E-state index in [0.29, 0.717) is 12.4 Å². The number of pyridine rings is 1. The highest BCUT2D eigenvalue weighted by atomic mass is 16.3. The minimum atomic E-state index is 0.187. The van der Waals surface area contributed by atoms with E-state index in [1.807, 2.05) is 36.4 Å². The Kier molecular flexibility index (Phi) is 7.07. The number of unbranched alkanes of at least 4 members (excludes halogenated alkanes) is 1. The molecular formula is C21H27N5O. The van der Waals surface area contributed by atoms with Gasteiger partial charge in [-0.1, -0.05) is 25.5 Å². The van der Waals surface area contributed by atoms with Gasteiger partial charge in [0, 0.05) is 43.0 Å². The molecule has 6 nitrogen and oxygen atoms in total. The Bertz CT molecular complexity index is 840. The lowest BCUT2D eigenvalue weighted by molar-refractivity contribution is 0.198. The minimum Gasteiger partial charge on any atom is -0.395 e. The van der Waals surface area contributed by atoms with Crippen LogP contribution in [0.3, 0.4) is 0 Å². The fourth-order valence-electron chi connectivity index (χ4n) is 3.03. The zero-order chi connectivity index (χ0) is 18.9. The minimum absolute atomic E-state index is 0.187. The summed E-state index contributed by atoms with van der Waals surface area (Å²) in [7, 11) is 0. The fourth-order valence-corrected chi connectivity index (χ4v) is 3.03. The second kappa shape index (κ2) is 9.94. The normalized spacial score (nSPS) is 11.2. The highest BCUT2D eigenvalue weighted by Crippen LogP contribution is 2.24. The van der Waals surface area contributed by atoms with Gasteiger partial charge in [-0.3, -0.25) is 9.88 Å². The molecule has 2 aromatic heterocycles. The molecule has 2 N–H and O–H groups in total. The lowest BCUT2D eigenvalue weighted by Crippen LogP contribution is -2.32. The van der Waals surface area contributed by atoms with Gasteiger partial charge in [0.15, 0.2) is 5.82 Å². The first-order valence-corrected chi connectivity index (χ1v) is 9.56. The number of hydrogen-bond donors (Lipinski definition) is 2. The number of nitrogens with one attached hydrogen (secondary N) is 1. The van der Waals surface area contributed by atoms with E-state index in [-0.39, 0.29) is 6.61 Å². The number of aliphatic hydroxyl groups is 1. The van der Waals surface area contributed by atoms with Gasteiger partial charge < -0.3 is 10.4 Å². The maximum absolute atomic E-state index is 9.27. The Balaban J connectivity index is 1.78. The van der Waals surface area contributed by atoms with E-state index in [0.717, 1.165) is 54.8 Å². The van der Waals surface area contributed by atoms with E-state index in [4.69, 9.17) is 9.97 Å². The molecule has 0 aliphatic rings. The summed E-state index contributed by atoms with van der Waals surface area (Å²) in [5, 5.41) is 13.8. The molecule has 27 heavy (non-hydrogen) atoms. The summed E-state index contributed by atoms with van der Waals surface area (Å²) in [6.45, 7) is 5.71. The molecule has 0 aliphatic carbocycles. The van der Waals surface area contributed by atoms with E-state index < -0.39 is 0 Å². The second-order valence-corrected chi connectivity index (χ2v) is 6.49. The van der Waals surface area contributed by atoms with Gasteiger partial charge in [-0.15, -0.1) is 0 Å². The predicted molar refractivity (Wildman–Crippen MR) is 110 cm³/mol. The number of para-hydroxylation sites is 1. The summed E-state index contributed by atoms with van der Waals surface area (Å²) < 4.78 is 0. The SMILES string of the molecule is CCCCN(CCO)CCNc1nc(-c2ccncc2)nc2ccccc12. The molecule has 0 spiro atoms. The van der Waals surface area contributed by atoms with Crippen LogP contribution < -0.4 is 5.32 Å². The zero-order valence-corrected chi connectivity index (χ0v) is 15.8. The second-order valence-electron chi connectivity index (χ2n) is 6.49. The van der Waals surface area contributed by atoms with Gasteiger partial charge in [-0.25, -0.2) is 9.97 Å². The molecule has 0 atom stereocenters. The maximum atomic E-state index is 9.27. The van der Waals surface area contributed by atoms with Gasteiger partial charge in [0.05, 0.1) is 12.1 Å². The third kappa shape index (κ3) is 5.21. The van der Waals surface area contributed by atoms with Gasteiger partial charge in [-0.05, 0) is 37.2 Å². The molecule has 0 radical (unpaired) electrons. The molecule has 3 rings (SSSR count). The van der Waals surface area contributed by atoms with E-state index in [9.17, 15) is 5.11 Å². The van der Waals surface area contributed by atoms with Crippen molar-refractivity contribution in [2.75, 3.05) is 38.1 Å². The number of hydrogen-bond acceptors (Lipinski definition) is 6. The molecule has 0 saturated heterocycles.